The first kappa shape index (κ1) is 17.5. The number of nitrogens with one attached hydrogen (secondary N) is 1. The quantitative estimate of drug-likeness (QED) is 0.739. The number of carbonyl (C=O) groups excluding carboxylic acids is 1. The van der Waals surface area contributed by atoms with Crippen LogP contribution in [0.1, 0.15) is 22.3 Å². The molecule has 0 fully saturated rings. The number of hydrogen-bond acceptors (Lipinski definition) is 6. The van der Waals surface area contributed by atoms with Gasteiger partial charge in [-0.05, 0) is 36.6 Å². The van der Waals surface area contributed by atoms with E-state index in [9.17, 15) is 4.79 Å². The molecule has 1 amide bonds. The first-order valence-corrected chi connectivity index (χ1v) is 9.66. The molecule has 0 spiro atoms. The number of aryl methyl sites for hydroxylation is 1. The molecule has 3 aromatic rings. The van der Waals surface area contributed by atoms with Crippen molar-refractivity contribution < 1.29 is 14.3 Å². The third-order valence-electron chi connectivity index (χ3n) is 5.05. The lowest BCUT2D eigenvalue weighted by molar-refractivity contribution is 0.102. The van der Waals surface area contributed by atoms with Gasteiger partial charge in [0.2, 0.25) is 5.95 Å². The summed E-state index contributed by atoms with van der Waals surface area (Å²) in [4.78, 5) is 23.6. The number of amides is 1. The fourth-order valence-corrected chi connectivity index (χ4v) is 3.64. The Morgan fingerprint density at radius 2 is 1.79 bits per heavy atom. The Hall–Kier alpha value is -3.61. The predicted octanol–water partition coefficient (Wildman–Crippen LogP) is 3.58. The summed E-state index contributed by atoms with van der Waals surface area (Å²) in [5.41, 5.74) is 3.46. The Morgan fingerprint density at radius 1 is 1.00 bits per heavy atom. The van der Waals surface area contributed by atoms with Gasteiger partial charge in [0.15, 0.2) is 11.5 Å². The molecule has 5 rings (SSSR count). The van der Waals surface area contributed by atoms with E-state index in [-0.39, 0.29) is 5.91 Å². The van der Waals surface area contributed by atoms with Crippen LogP contribution in [0.2, 0.25) is 0 Å². The Bertz CT molecular complexity index is 1050. The smallest absolute Gasteiger partial charge is 0.258 e. The van der Waals surface area contributed by atoms with Crippen molar-refractivity contribution in [2.45, 2.75) is 12.8 Å². The molecule has 0 unspecified atom stereocenters. The average molecular weight is 388 g/mol. The number of nitrogens with zero attached hydrogens (tertiary/aromatic N) is 3. The zero-order valence-corrected chi connectivity index (χ0v) is 15.8. The molecule has 29 heavy (non-hydrogen) atoms. The monoisotopic (exact) mass is 388 g/mol. The van der Waals surface area contributed by atoms with Crippen molar-refractivity contribution in [2.24, 2.45) is 0 Å². The lowest BCUT2D eigenvalue weighted by Gasteiger charge is -2.29. The molecule has 7 nitrogen and oxygen atoms in total. The molecule has 7 heteroatoms. The molecule has 146 valence electrons. The molecule has 2 aliphatic rings. The number of benzene rings is 2. The van der Waals surface area contributed by atoms with E-state index in [0.717, 1.165) is 25.1 Å². The zero-order valence-electron chi connectivity index (χ0n) is 15.8. The van der Waals surface area contributed by atoms with Gasteiger partial charge in [0, 0.05) is 36.4 Å². The Kier molecular flexibility index (Phi) is 4.48. The van der Waals surface area contributed by atoms with Crippen LogP contribution in [0.25, 0.3) is 0 Å². The van der Waals surface area contributed by atoms with Crippen LogP contribution in [0.5, 0.6) is 11.5 Å². The minimum atomic E-state index is -0.271. The van der Waals surface area contributed by atoms with E-state index in [1.165, 1.54) is 5.56 Å². The number of para-hydroxylation sites is 1. The summed E-state index contributed by atoms with van der Waals surface area (Å²) in [7, 11) is 0. The van der Waals surface area contributed by atoms with Crippen molar-refractivity contribution >= 4 is 23.2 Å². The van der Waals surface area contributed by atoms with Crippen LogP contribution in [0, 0.1) is 0 Å². The summed E-state index contributed by atoms with van der Waals surface area (Å²) in [6.45, 7) is 1.89. The van der Waals surface area contributed by atoms with Gasteiger partial charge in [-0.15, -0.1) is 0 Å². The SMILES string of the molecule is O=C(Nc1ccc2c(c1)OCCO2)c1cnc(N2CCCc3ccccc32)nc1. The molecule has 0 atom stereocenters. The van der Waals surface area contributed by atoms with Gasteiger partial charge >= 0.3 is 0 Å². The molecule has 0 radical (unpaired) electrons. The molecule has 0 aliphatic carbocycles. The number of rotatable bonds is 3. The van der Waals surface area contributed by atoms with E-state index >= 15 is 0 Å². The fourth-order valence-electron chi connectivity index (χ4n) is 3.64. The van der Waals surface area contributed by atoms with E-state index in [4.69, 9.17) is 9.47 Å². The van der Waals surface area contributed by atoms with Crippen molar-refractivity contribution in [3.8, 4) is 11.5 Å². The minimum Gasteiger partial charge on any atom is -0.486 e. The second kappa shape index (κ2) is 7.43. The van der Waals surface area contributed by atoms with Crippen LogP contribution in [0.4, 0.5) is 17.3 Å². The number of carbonyl (C=O) groups is 1. The maximum atomic E-state index is 12.6. The van der Waals surface area contributed by atoms with Crippen molar-refractivity contribution in [1.82, 2.24) is 9.97 Å². The minimum absolute atomic E-state index is 0.271. The largest absolute Gasteiger partial charge is 0.486 e. The molecular weight excluding hydrogens is 368 g/mol. The first-order valence-electron chi connectivity index (χ1n) is 9.66. The molecule has 0 bridgehead atoms. The third-order valence-corrected chi connectivity index (χ3v) is 5.05. The van der Waals surface area contributed by atoms with E-state index in [1.54, 1.807) is 30.6 Å². The van der Waals surface area contributed by atoms with Crippen molar-refractivity contribution in [3.63, 3.8) is 0 Å². The Balaban J connectivity index is 1.32. The van der Waals surface area contributed by atoms with Crippen LogP contribution in [0.15, 0.2) is 54.9 Å². The summed E-state index contributed by atoms with van der Waals surface area (Å²) in [5.74, 6) is 1.65. The molecule has 0 saturated carbocycles. The Labute approximate surface area is 168 Å². The van der Waals surface area contributed by atoms with Gasteiger partial charge in [0.25, 0.3) is 5.91 Å². The first-order chi connectivity index (χ1) is 14.3. The highest BCUT2D eigenvalue weighted by Gasteiger charge is 2.20. The van der Waals surface area contributed by atoms with E-state index < -0.39 is 0 Å². The van der Waals surface area contributed by atoms with Crippen LogP contribution >= 0.6 is 0 Å². The molecule has 1 N–H and O–H groups in total. The van der Waals surface area contributed by atoms with E-state index in [0.29, 0.717) is 41.9 Å². The van der Waals surface area contributed by atoms with Crippen LogP contribution < -0.4 is 19.7 Å². The maximum absolute atomic E-state index is 12.6. The summed E-state index contributed by atoms with van der Waals surface area (Å²) >= 11 is 0. The number of hydrogen-bond donors (Lipinski definition) is 1. The number of aromatic nitrogens is 2. The van der Waals surface area contributed by atoms with Gasteiger partial charge in [-0.3, -0.25) is 4.79 Å². The number of fused-ring (bicyclic) bond motifs is 2. The highest BCUT2D eigenvalue weighted by Crippen LogP contribution is 2.33. The maximum Gasteiger partial charge on any atom is 0.258 e. The molecule has 0 saturated heterocycles. The van der Waals surface area contributed by atoms with Gasteiger partial charge in [-0.25, -0.2) is 9.97 Å². The lowest BCUT2D eigenvalue weighted by atomic mass is 10.0. The highest BCUT2D eigenvalue weighted by atomic mass is 16.6. The average Bonchev–Trinajstić information content (AvgIpc) is 2.79. The molecule has 1 aromatic heterocycles. The highest BCUT2D eigenvalue weighted by molar-refractivity contribution is 6.04. The van der Waals surface area contributed by atoms with Gasteiger partial charge in [-0.1, -0.05) is 18.2 Å². The lowest BCUT2D eigenvalue weighted by Crippen LogP contribution is -2.26. The second-order valence-electron chi connectivity index (χ2n) is 6.97. The van der Waals surface area contributed by atoms with Gasteiger partial charge in [0.1, 0.15) is 13.2 Å². The van der Waals surface area contributed by atoms with Crippen LogP contribution in [-0.4, -0.2) is 35.6 Å². The van der Waals surface area contributed by atoms with Crippen LogP contribution in [0.3, 0.4) is 0 Å². The van der Waals surface area contributed by atoms with Crippen LogP contribution in [-0.2, 0) is 6.42 Å². The predicted molar refractivity (Wildman–Crippen MR) is 109 cm³/mol. The molecule has 2 aliphatic heterocycles. The standard InChI is InChI=1S/C22H20N4O3/c27-21(25-17-7-8-19-20(12-17)29-11-10-28-19)16-13-23-22(24-14-16)26-9-3-5-15-4-1-2-6-18(15)26/h1-2,4,6-8,12-14H,3,5,9-11H2,(H,25,27). The number of ether oxygens (including phenoxy) is 2. The number of anilines is 3. The van der Waals surface area contributed by atoms with Gasteiger partial charge in [-0.2, -0.15) is 0 Å². The zero-order chi connectivity index (χ0) is 19.6. The van der Waals surface area contributed by atoms with Crippen molar-refractivity contribution in [2.75, 3.05) is 30.0 Å². The summed E-state index contributed by atoms with van der Waals surface area (Å²) < 4.78 is 11.1. The normalized spacial score (nSPS) is 14.8. The topological polar surface area (TPSA) is 76.6 Å². The fraction of sp³-hybridized carbons (Fsp3) is 0.227. The molecular formula is C22H20N4O3. The van der Waals surface area contributed by atoms with E-state index in [1.807, 2.05) is 6.07 Å². The van der Waals surface area contributed by atoms with Gasteiger partial charge in [0.05, 0.1) is 5.56 Å². The summed E-state index contributed by atoms with van der Waals surface area (Å²) in [5, 5.41) is 2.85. The molecule has 3 heterocycles. The summed E-state index contributed by atoms with van der Waals surface area (Å²) in [6, 6.07) is 13.6. The second-order valence-corrected chi connectivity index (χ2v) is 6.97. The van der Waals surface area contributed by atoms with Crippen molar-refractivity contribution in [3.05, 3.63) is 66.0 Å². The van der Waals surface area contributed by atoms with Crippen molar-refractivity contribution in [1.29, 1.82) is 0 Å². The van der Waals surface area contributed by atoms with Gasteiger partial charge < -0.3 is 19.7 Å². The summed E-state index contributed by atoms with van der Waals surface area (Å²) in [6.07, 6.45) is 5.23. The molecule has 2 aromatic carbocycles. The Morgan fingerprint density at radius 3 is 2.66 bits per heavy atom. The third kappa shape index (κ3) is 3.47. The van der Waals surface area contributed by atoms with E-state index in [2.05, 4.69) is 38.4 Å².